The number of amides is 1. The average Bonchev–Trinajstić information content (AvgIpc) is 3.18. The molecule has 2 aliphatic rings. The lowest BCUT2D eigenvalue weighted by Gasteiger charge is -2.38. The van der Waals surface area contributed by atoms with Crippen LogP contribution in [0.3, 0.4) is 0 Å². The van der Waals surface area contributed by atoms with E-state index in [1.54, 1.807) is 13.8 Å². The maximum absolute atomic E-state index is 13.2. The summed E-state index contributed by atoms with van der Waals surface area (Å²) in [5.74, 6) is 0.879. The largest absolute Gasteiger partial charge is 0.492 e. The molecule has 10 heteroatoms. The summed E-state index contributed by atoms with van der Waals surface area (Å²) in [6, 6.07) is 9.74. The van der Waals surface area contributed by atoms with Crippen molar-refractivity contribution in [1.82, 2.24) is 19.3 Å². The van der Waals surface area contributed by atoms with Crippen LogP contribution in [0.25, 0.3) is 0 Å². The molecule has 33 heavy (non-hydrogen) atoms. The number of hydrogen-bond donors (Lipinski definition) is 0. The summed E-state index contributed by atoms with van der Waals surface area (Å²) < 4.78 is 38.6. The van der Waals surface area contributed by atoms with Gasteiger partial charge in [-0.1, -0.05) is 23.4 Å². The standard InChI is InChI=1S/C23H32N4O5S/c1-18-22(19(2)32-24-18)33(29,30)27-10-6-7-20(17-27)23(28)26-13-11-25(12-14-26)15-16-31-21-8-4-3-5-9-21/h3-5,8-9,20H,6-7,10-17H2,1-2H3. The lowest BCUT2D eigenvalue weighted by molar-refractivity contribution is -0.138. The number of hydrogen-bond acceptors (Lipinski definition) is 7. The molecule has 0 N–H and O–H groups in total. The van der Waals surface area contributed by atoms with Crippen molar-refractivity contribution in [3.05, 3.63) is 41.8 Å². The second kappa shape index (κ2) is 10.2. The van der Waals surface area contributed by atoms with E-state index in [4.69, 9.17) is 9.26 Å². The van der Waals surface area contributed by atoms with Gasteiger partial charge in [-0.3, -0.25) is 9.69 Å². The first-order valence-corrected chi connectivity index (χ1v) is 12.9. The Bertz CT molecular complexity index is 1030. The molecule has 2 aromatic rings. The molecule has 4 rings (SSSR count). The fourth-order valence-corrected chi connectivity index (χ4v) is 6.41. The Kier molecular flexibility index (Phi) is 7.35. The Morgan fingerprint density at radius 2 is 1.85 bits per heavy atom. The highest BCUT2D eigenvalue weighted by molar-refractivity contribution is 7.89. The molecule has 2 fully saturated rings. The van der Waals surface area contributed by atoms with Crippen molar-refractivity contribution in [3.8, 4) is 5.75 Å². The highest BCUT2D eigenvalue weighted by Gasteiger charge is 2.38. The van der Waals surface area contributed by atoms with Crippen LogP contribution in [0.2, 0.25) is 0 Å². The van der Waals surface area contributed by atoms with Crippen molar-refractivity contribution < 1.29 is 22.5 Å². The SMILES string of the molecule is Cc1noc(C)c1S(=O)(=O)N1CCCC(C(=O)N2CCN(CCOc3ccccc3)CC2)C1. The number of rotatable bonds is 7. The molecule has 1 aromatic carbocycles. The van der Waals surface area contributed by atoms with E-state index in [1.807, 2.05) is 35.2 Å². The van der Waals surface area contributed by atoms with Crippen LogP contribution in [0.15, 0.2) is 39.8 Å². The van der Waals surface area contributed by atoms with Crippen molar-refractivity contribution in [1.29, 1.82) is 0 Å². The summed E-state index contributed by atoms with van der Waals surface area (Å²) in [4.78, 5) is 17.5. The molecule has 1 aromatic heterocycles. The number of benzene rings is 1. The van der Waals surface area contributed by atoms with Crippen LogP contribution in [0.5, 0.6) is 5.75 Å². The van der Waals surface area contributed by atoms with Crippen molar-refractivity contribution in [3.63, 3.8) is 0 Å². The maximum Gasteiger partial charge on any atom is 0.248 e. The number of piperazine rings is 1. The van der Waals surface area contributed by atoms with E-state index in [0.29, 0.717) is 44.8 Å². The molecule has 0 radical (unpaired) electrons. The Morgan fingerprint density at radius 3 is 2.52 bits per heavy atom. The number of aryl methyl sites for hydroxylation is 2. The lowest BCUT2D eigenvalue weighted by Crippen LogP contribution is -2.53. The quantitative estimate of drug-likeness (QED) is 0.602. The molecule has 180 valence electrons. The number of carbonyl (C=O) groups is 1. The lowest BCUT2D eigenvalue weighted by atomic mass is 9.98. The van der Waals surface area contributed by atoms with E-state index < -0.39 is 10.0 Å². The number of piperidine rings is 1. The van der Waals surface area contributed by atoms with Gasteiger partial charge in [-0.15, -0.1) is 0 Å². The third-order valence-corrected chi connectivity index (χ3v) is 8.51. The minimum atomic E-state index is -3.73. The summed E-state index contributed by atoms with van der Waals surface area (Å²) >= 11 is 0. The Morgan fingerprint density at radius 1 is 1.12 bits per heavy atom. The van der Waals surface area contributed by atoms with E-state index in [1.165, 1.54) is 4.31 Å². The van der Waals surface area contributed by atoms with E-state index in [0.717, 1.165) is 25.4 Å². The fourth-order valence-electron chi connectivity index (χ4n) is 4.59. The van der Waals surface area contributed by atoms with Gasteiger partial charge in [-0.05, 0) is 38.8 Å². The first kappa shape index (κ1) is 23.7. The van der Waals surface area contributed by atoms with Crippen LogP contribution >= 0.6 is 0 Å². The molecule has 1 atom stereocenters. The van der Waals surface area contributed by atoms with E-state index in [9.17, 15) is 13.2 Å². The number of para-hydroxylation sites is 1. The van der Waals surface area contributed by atoms with Gasteiger partial charge in [0.1, 0.15) is 22.9 Å². The molecule has 3 heterocycles. The molecular weight excluding hydrogens is 444 g/mol. The van der Waals surface area contributed by atoms with Gasteiger partial charge in [0, 0.05) is 45.8 Å². The molecule has 1 amide bonds. The van der Waals surface area contributed by atoms with Gasteiger partial charge in [0.15, 0.2) is 5.76 Å². The van der Waals surface area contributed by atoms with Gasteiger partial charge in [0.2, 0.25) is 15.9 Å². The molecule has 0 spiro atoms. The fraction of sp³-hybridized carbons (Fsp3) is 0.565. The third kappa shape index (κ3) is 5.39. The topological polar surface area (TPSA) is 96.2 Å². The van der Waals surface area contributed by atoms with Gasteiger partial charge in [-0.25, -0.2) is 8.42 Å². The van der Waals surface area contributed by atoms with Gasteiger partial charge >= 0.3 is 0 Å². The van der Waals surface area contributed by atoms with Crippen LogP contribution in [-0.4, -0.2) is 86.0 Å². The molecule has 1 unspecified atom stereocenters. The minimum Gasteiger partial charge on any atom is -0.492 e. The predicted molar refractivity (Wildman–Crippen MR) is 122 cm³/mol. The molecule has 2 aliphatic heterocycles. The van der Waals surface area contributed by atoms with E-state index >= 15 is 0 Å². The number of carbonyl (C=O) groups excluding carboxylic acids is 1. The minimum absolute atomic E-state index is 0.0499. The van der Waals surface area contributed by atoms with Gasteiger partial charge < -0.3 is 14.2 Å². The van der Waals surface area contributed by atoms with Gasteiger partial charge in [0.05, 0.1) is 5.92 Å². The van der Waals surface area contributed by atoms with Crippen molar-refractivity contribution in [2.75, 3.05) is 52.4 Å². The second-order valence-electron chi connectivity index (χ2n) is 8.68. The monoisotopic (exact) mass is 476 g/mol. The maximum atomic E-state index is 13.2. The predicted octanol–water partition coefficient (Wildman–Crippen LogP) is 1.92. The van der Waals surface area contributed by atoms with Crippen molar-refractivity contribution in [2.45, 2.75) is 31.6 Å². The number of nitrogens with zero attached hydrogens (tertiary/aromatic N) is 4. The first-order valence-electron chi connectivity index (χ1n) is 11.5. The Balaban J connectivity index is 1.28. The van der Waals surface area contributed by atoms with Gasteiger partial charge in [-0.2, -0.15) is 4.31 Å². The summed E-state index contributed by atoms with van der Waals surface area (Å²) in [6.07, 6.45) is 1.37. The van der Waals surface area contributed by atoms with Crippen LogP contribution in [0, 0.1) is 19.8 Å². The molecule has 0 aliphatic carbocycles. The van der Waals surface area contributed by atoms with Gasteiger partial charge in [0.25, 0.3) is 0 Å². The first-order chi connectivity index (χ1) is 15.9. The smallest absolute Gasteiger partial charge is 0.248 e. The van der Waals surface area contributed by atoms with Crippen LogP contribution < -0.4 is 4.74 Å². The Hall–Kier alpha value is -2.43. The normalized spacial score (nSPS) is 20.7. The Labute approximate surface area is 195 Å². The zero-order valence-corrected chi connectivity index (χ0v) is 20.1. The van der Waals surface area contributed by atoms with Crippen LogP contribution in [0.1, 0.15) is 24.3 Å². The number of aromatic nitrogens is 1. The summed E-state index contributed by atoms with van der Waals surface area (Å²) in [6.45, 7) is 8.13. The second-order valence-corrected chi connectivity index (χ2v) is 10.6. The van der Waals surface area contributed by atoms with E-state index in [-0.39, 0.29) is 29.0 Å². The molecule has 0 saturated carbocycles. The van der Waals surface area contributed by atoms with Crippen molar-refractivity contribution >= 4 is 15.9 Å². The number of ether oxygens (including phenoxy) is 1. The summed E-state index contributed by atoms with van der Waals surface area (Å²) in [7, 11) is -3.73. The van der Waals surface area contributed by atoms with Crippen LogP contribution in [-0.2, 0) is 14.8 Å². The summed E-state index contributed by atoms with van der Waals surface area (Å²) in [5, 5.41) is 3.78. The highest BCUT2D eigenvalue weighted by atomic mass is 32.2. The number of sulfonamides is 1. The molecule has 0 bridgehead atoms. The molecule has 9 nitrogen and oxygen atoms in total. The zero-order valence-electron chi connectivity index (χ0n) is 19.3. The van der Waals surface area contributed by atoms with Crippen molar-refractivity contribution in [2.24, 2.45) is 5.92 Å². The zero-order chi connectivity index (χ0) is 23.4. The van der Waals surface area contributed by atoms with E-state index in [2.05, 4.69) is 10.1 Å². The molecular formula is C23H32N4O5S. The van der Waals surface area contributed by atoms with Crippen LogP contribution in [0.4, 0.5) is 0 Å². The average molecular weight is 477 g/mol. The highest BCUT2D eigenvalue weighted by Crippen LogP contribution is 2.28. The molecule has 2 saturated heterocycles. The third-order valence-electron chi connectivity index (χ3n) is 6.40. The summed E-state index contributed by atoms with van der Waals surface area (Å²) in [5.41, 5.74) is 0.355.